The van der Waals surface area contributed by atoms with E-state index in [-0.39, 0.29) is 19.1 Å². The van der Waals surface area contributed by atoms with E-state index in [0.717, 1.165) is 27.7 Å². The van der Waals surface area contributed by atoms with Gasteiger partial charge in [0, 0.05) is 18.5 Å². The molecular formula is C34H36BNO6. The summed E-state index contributed by atoms with van der Waals surface area (Å²) in [7, 11) is 0.691. The second kappa shape index (κ2) is 12.0. The Morgan fingerprint density at radius 3 is 1.98 bits per heavy atom. The zero-order valence-electron chi connectivity index (χ0n) is 24.7. The summed E-state index contributed by atoms with van der Waals surface area (Å²) in [6.45, 7) is 8.38. The maximum absolute atomic E-state index is 13.0. The minimum absolute atomic E-state index is 0.0204. The lowest BCUT2D eigenvalue weighted by molar-refractivity contribution is -0.134. The predicted molar refractivity (Wildman–Crippen MR) is 165 cm³/mol. The van der Waals surface area contributed by atoms with Crippen molar-refractivity contribution in [2.24, 2.45) is 0 Å². The first kappa shape index (κ1) is 29.4. The van der Waals surface area contributed by atoms with E-state index in [4.69, 9.17) is 14.0 Å². The van der Waals surface area contributed by atoms with Gasteiger partial charge in [0.05, 0.1) is 18.3 Å². The van der Waals surface area contributed by atoms with Crippen LogP contribution >= 0.6 is 0 Å². The second-order valence-corrected chi connectivity index (χ2v) is 11.5. The zero-order valence-corrected chi connectivity index (χ0v) is 24.7. The van der Waals surface area contributed by atoms with E-state index in [1.807, 2.05) is 82.3 Å². The fourth-order valence-corrected chi connectivity index (χ4v) is 5.17. The Balaban J connectivity index is 1.29. The molecule has 2 aliphatic rings. The van der Waals surface area contributed by atoms with Crippen LogP contribution < -0.4 is 5.32 Å². The summed E-state index contributed by atoms with van der Waals surface area (Å²) >= 11 is 0. The van der Waals surface area contributed by atoms with Crippen molar-refractivity contribution < 1.29 is 28.4 Å². The van der Waals surface area contributed by atoms with Gasteiger partial charge in [-0.15, -0.1) is 0 Å². The summed E-state index contributed by atoms with van der Waals surface area (Å²) in [4.78, 5) is 24.4. The quantitative estimate of drug-likeness (QED) is 0.193. The number of benzene rings is 3. The molecule has 0 bridgehead atoms. The van der Waals surface area contributed by atoms with Crippen LogP contribution in [0.5, 0.6) is 0 Å². The van der Waals surface area contributed by atoms with E-state index < -0.39 is 30.4 Å². The molecule has 42 heavy (non-hydrogen) atoms. The van der Waals surface area contributed by atoms with Gasteiger partial charge in [0.15, 0.2) is 0 Å². The third-order valence-electron chi connectivity index (χ3n) is 8.24. The Morgan fingerprint density at radius 2 is 1.40 bits per heavy atom. The Morgan fingerprint density at radius 1 is 0.857 bits per heavy atom. The number of ether oxygens (including phenoxy) is 2. The zero-order chi connectivity index (χ0) is 29.9. The van der Waals surface area contributed by atoms with Crippen LogP contribution in [0, 0.1) is 0 Å². The average molecular weight is 565 g/mol. The molecule has 0 spiro atoms. The molecule has 1 saturated heterocycles. The fraction of sp³-hybridized carbons (Fsp3) is 0.294. The molecule has 1 N–H and O–H groups in total. The minimum Gasteiger partial charge on any atom is -0.466 e. The van der Waals surface area contributed by atoms with Gasteiger partial charge in [-0.05, 0) is 72.6 Å². The standard InChI is InChI=1S/C34H36BNO6/c1-33(2)34(3,4)42-35(41-33)25(20-24-16-14-23(15-17-24)18-19-31(37)39-5)21-36-32(38)40-22-30-28-12-8-6-10-26(28)27-11-7-9-13-29(27)30/h6-20,30H,21-22H2,1-5H3,(H,36,38)/b19-18+,25-20?. The van der Waals surface area contributed by atoms with Crippen LogP contribution in [-0.2, 0) is 23.6 Å². The van der Waals surface area contributed by atoms with Crippen molar-refractivity contribution >= 4 is 31.3 Å². The van der Waals surface area contributed by atoms with Crippen LogP contribution in [-0.4, -0.2) is 50.6 Å². The number of hydrogen-bond donors (Lipinski definition) is 1. The molecule has 0 saturated carbocycles. The fourth-order valence-electron chi connectivity index (χ4n) is 5.17. The highest BCUT2D eigenvalue weighted by atomic mass is 16.7. The number of esters is 1. The van der Waals surface area contributed by atoms with Gasteiger partial charge in [0.25, 0.3) is 0 Å². The third kappa shape index (κ3) is 6.20. The minimum atomic E-state index is -0.650. The van der Waals surface area contributed by atoms with Crippen molar-refractivity contribution in [2.45, 2.75) is 44.8 Å². The van der Waals surface area contributed by atoms with Crippen LogP contribution in [0.3, 0.4) is 0 Å². The molecule has 0 unspecified atom stereocenters. The van der Waals surface area contributed by atoms with Crippen LogP contribution in [0.25, 0.3) is 23.3 Å². The van der Waals surface area contributed by atoms with Crippen LogP contribution in [0.2, 0.25) is 0 Å². The normalized spacial score (nSPS) is 17.2. The largest absolute Gasteiger partial charge is 0.492 e. The first-order chi connectivity index (χ1) is 20.1. The summed E-state index contributed by atoms with van der Waals surface area (Å²) < 4.78 is 23.0. The average Bonchev–Trinajstić information content (AvgIpc) is 3.42. The highest BCUT2D eigenvalue weighted by molar-refractivity contribution is 6.56. The summed E-state index contributed by atoms with van der Waals surface area (Å²) in [5.41, 5.74) is 6.10. The van der Waals surface area contributed by atoms with Gasteiger partial charge in [0.2, 0.25) is 0 Å². The topological polar surface area (TPSA) is 83.1 Å². The molecule has 7 nitrogen and oxygen atoms in total. The van der Waals surface area contributed by atoms with Gasteiger partial charge >= 0.3 is 19.2 Å². The van der Waals surface area contributed by atoms with Crippen molar-refractivity contribution in [1.82, 2.24) is 5.32 Å². The lowest BCUT2D eigenvalue weighted by atomic mass is 9.77. The van der Waals surface area contributed by atoms with E-state index in [2.05, 4.69) is 34.3 Å². The van der Waals surface area contributed by atoms with E-state index in [1.165, 1.54) is 24.3 Å². The first-order valence-electron chi connectivity index (χ1n) is 14.1. The van der Waals surface area contributed by atoms with E-state index >= 15 is 0 Å². The van der Waals surface area contributed by atoms with Gasteiger partial charge in [-0.25, -0.2) is 9.59 Å². The maximum atomic E-state index is 13.0. The Hall–Kier alpha value is -4.14. The monoisotopic (exact) mass is 565 g/mol. The van der Waals surface area contributed by atoms with Crippen molar-refractivity contribution in [3.63, 3.8) is 0 Å². The molecule has 5 rings (SSSR count). The Kier molecular flexibility index (Phi) is 8.39. The number of amides is 1. The molecule has 0 atom stereocenters. The second-order valence-electron chi connectivity index (χ2n) is 11.5. The molecule has 1 aliphatic carbocycles. The highest BCUT2D eigenvalue weighted by Gasteiger charge is 2.52. The molecule has 1 heterocycles. The van der Waals surface area contributed by atoms with E-state index in [1.54, 1.807) is 6.08 Å². The molecule has 8 heteroatoms. The van der Waals surface area contributed by atoms with Crippen molar-refractivity contribution in [1.29, 1.82) is 0 Å². The van der Waals surface area contributed by atoms with Crippen LogP contribution in [0.4, 0.5) is 4.79 Å². The Bertz CT molecular complexity index is 1460. The van der Waals surface area contributed by atoms with Crippen molar-refractivity contribution in [3.8, 4) is 11.1 Å². The van der Waals surface area contributed by atoms with E-state index in [0.29, 0.717) is 0 Å². The lowest BCUT2D eigenvalue weighted by Crippen LogP contribution is -2.41. The molecule has 1 amide bonds. The number of carbonyl (C=O) groups excluding carboxylic acids is 2. The number of alkyl carbamates (subject to hydrolysis) is 1. The summed E-state index contributed by atoms with van der Waals surface area (Å²) in [5, 5.41) is 2.91. The maximum Gasteiger partial charge on any atom is 0.492 e. The number of methoxy groups -OCH3 is 1. The van der Waals surface area contributed by atoms with Gasteiger partial charge in [0.1, 0.15) is 6.61 Å². The van der Waals surface area contributed by atoms with Crippen LogP contribution in [0.1, 0.15) is 55.9 Å². The number of carbonyl (C=O) groups is 2. The third-order valence-corrected chi connectivity index (χ3v) is 8.24. The molecule has 3 aromatic carbocycles. The SMILES string of the molecule is COC(=O)/C=C/c1ccc(C=C(CNC(=O)OCC2c3ccccc3-c3ccccc32)B2OC(C)(C)C(C)(C)O2)cc1. The number of hydrogen-bond acceptors (Lipinski definition) is 6. The molecule has 3 aromatic rings. The van der Waals surface area contributed by atoms with Gasteiger partial charge in [-0.1, -0.05) is 78.9 Å². The van der Waals surface area contributed by atoms with Gasteiger partial charge in [-0.3, -0.25) is 0 Å². The smallest absolute Gasteiger partial charge is 0.466 e. The van der Waals surface area contributed by atoms with Crippen LogP contribution in [0.15, 0.2) is 84.3 Å². The molecule has 216 valence electrons. The highest BCUT2D eigenvalue weighted by Crippen LogP contribution is 2.44. The Labute approximate surface area is 247 Å². The number of fused-ring (bicyclic) bond motifs is 3. The summed E-state index contributed by atoms with van der Waals surface area (Å²) in [6, 6.07) is 24.1. The van der Waals surface area contributed by atoms with Gasteiger partial charge in [-0.2, -0.15) is 0 Å². The number of rotatable bonds is 8. The molecular weight excluding hydrogens is 529 g/mol. The predicted octanol–water partition coefficient (Wildman–Crippen LogP) is 6.43. The molecule has 1 aliphatic heterocycles. The summed E-state index contributed by atoms with van der Waals surface area (Å²) in [5.74, 6) is -0.436. The lowest BCUT2D eigenvalue weighted by Gasteiger charge is -2.32. The molecule has 1 fully saturated rings. The van der Waals surface area contributed by atoms with Gasteiger partial charge < -0.3 is 24.1 Å². The summed E-state index contributed by atoms with van der Waals surface area (Å²) in [6.07, 6.45) is 4.49. The molecule has 0 radical (unpaired) electrons. The first-order valence-corrected chi connectivity index (χ1v) is 14.1. The number of nitrogens with one attached hydrogen (secondary N) is 1. The van der Waals surface area contributed by atoms with Crippen molar-refractivity contribution in [3.05, 3.63) is 107 Å². The van der Waals surface area contributed by atoms with Crippen molar-refractivity contribution in [2.75, 3.05) is 20.3 Å². The van der Waals surface area contributed by atoms with E-state index in [9.17, 15) is 9.59 Å². The molecule has 0 aromatic heterocycles.